The zero-order valence-electron chi connectivity index (χ0n) is 23.1. The number of hydrogen-bond donors (Lipinski definition) is 1. The number of esters is 3. The van der Waals surface area contributed by atoms with Gasteiger partial charge < -0.3 is 23.7 Å². The fourth-order valence-corrected chi connectivity index (χ4v) is 6.74. The number of carbonyl (C=O) groups excluding carboxylic acids is 3. The third kappa shape index (κ3) is 6.33. The maximum Gasteiger partial charge on any atom is 0.465 e. The number of ether oxygens (including phenoxy) is 5. The average molecular weight is 734 g/mol. The zero-order valence-corrected chi connectivity index (χ0v) is 23.9. The maximum atomic E-state index is 13.9. The van der Waals surface area contributed by atoms with Gasteiger partial charge in [-0.15, -0.1) is 0 Å². The van der Waals surface area contributed by atoms with Crippen molar-refractivity contribution >= 4 is 28.0 Å². The molecule has 1 heterocycles. The Balaban J connectivity index is 1.54. The van der Waals surface area contributed by atoms with Gasteiger partial charge in [-0.3, -0.25) is 4.55 Å². The molecule has 2 atom stereocenters. The van der Waals surface area contributed by atoms with Crippen LogP contribution in [0.5, 0.6) is 0 Å². The average Bonchev–Trinajstić information content (AvgIpc) is 2.91. The summed E-state index contributed by atoms with van der Waals surface area (Å²) in [6.07, 6.45) is -13.3. The molecule has 0 aromatic carbocycles. The Kier molecular flexibility index (Phi) is 8.88. The van der Waals surface area contributed by atoms with Crippen LogP contribution in [0.1, 0.15) is 32.1 Å². The highest BCUT2D eigenvalue weighted by atomic mass is 32.2. The van der Waals surface area contributed by atoms with E-state index in [9.17, 15) is 75.5 Å². The molecule has 4 bridgehead atoms. The molecule has 1 N–H and O–H groups in total. The maximum absolute atomic E-state index is 13.9. The summed E-state index contributed by atoms with van der Waals surface area (Å²) in [5, 5.41) is -5.34. The van der Waals surface area contributed by atoms with E-state index in [4.69, 9.17) is 18.8 Å². The number of rotatable bonds is 9. The van der Waals surface area contributed by atoms with Crippen molar-refractivity contribution < 1.29 is 104 Å². The molecular formula is C23H22F12O11S. The van der Waals surface area contributed by atoms with E-state index in [-0.39, 0.29) is 38.0 Å². The van der Waals surface area contributed by atoms with Crippen LogP contribution in [0.2, 0.25) is 0 Å². The van der Waals surface area contributed by atoms with Crippen molar-refractivity contribution in [2.45, 2.75) is 72.9 Å². The molecule has 4 saturated carbocycles. The summed E-state index contributed by atoms with van der Waals surface area (Å²) in [5.41, 5.74) is -4.18. The lowest BCUT2D eigenvalue weighted by Crippen LogP contribution is -2.70. The minimum absolute atomic E-state index is 0.0416. The van der Waals surface area contributed by atoms with Crippen molar-refractivity contribution in [2.24, 2.45) is 23.2 Å². The highest BCUT2D eigenvalue weighted by Gasteiger charge is 2.70. The lowest BCUT2D eigenvalue weighted by atomic mass is 9.51. The molecule has 24 heteroatoms. The molecule has 5 rings (SSSR count). The Hall–Kier alpha value is -2.60. The van der Waals surface area contributed by atoms with Gasteiger partial charge in [0.1, 0.15) is 18.8 Å². The molecule has 2 unspecified atom stereocenters. The van der Waals surface area contributed by atoms with Crippen LogP contribution < -0.4 is 0 Å². The quantitative estimate of drug-likeness (QED) is 0.160. The van der Waals surface area contributed by atoms with Crippen LogP contribution in [0.3, 0.4) is 0 Å². The molecule has 47 heavy (non-hydrogen) atoms. The summed E-state index contributed by atoms with van der Waals surface area (Å²) >= 11 is 0. The second kappa shape index (κ2) is 11.2. The normalized spacial score (nSPS) is 29.0. The number of hydrogen-bond acceptors (Lipinski definition) is 10. The lowest BCUT2D eigenvalue weighted by molar-refractivity contribution is -0.397. The minimum atomic E-state index is -6.47. The standard InChI is InChI=1S/C23H22F12O11S/c24-19(25,22(30,31)32)13(36)42-6-16(7-43-14(37)20(26,27)23(33,34)35)8-44-18(45-9-16)11-1-10-2-12(18)5-17(3-10,4-11)46-15(38)21(28,29)47(39,40)41/h10-12H,1-9H2,(H,39,40,41). The van der Waals surface area contributed by atoms with Crippen molar-refractivity contribution in [3.63, 3.8) is 0 Å². The Bertz CT molecular complexity index is 1320. The van der Waals surface area contributed by atoms with E-state index >= 15 is 0 Å². The first-order valence-corrected chi connectivity index (χ1v) is 14.6. The summed E-state index contributed by atoms with van der Waals surface area (Å²) in [7, 11) is -6.23. The van der Waals surface area contributed by atoms with Crippen LogP contribution in [-0.4, -0.2) is 98.1 Å². The molecule has 1 spiro atoms. The molecule has 1 aliphatic heterocycles. The molecule has 5 fully saturated rings. The van der Waals surface area contributed by atoms with Crippen LogP contribution in [-0.2, 0) is 48.2 Å². The first-order chi connectivity index (χ1) is 21.0. The highest BCUT2D eigenvalue weighted by molar-refractivity contribution is 7.87. The molecular weight excluding hydrogens is 712 g/mol. The van der Waals surface area contributed by atoms with Gasteiger partial charge in [-0.1, -0.05) is 0 Å². The van der Waals surface area contributed by atoms with E-state index in [1.54, 1.807) is 0 Å². The van der Waals surface area contributed by atoms with E-state index in [1.807, 2.05) is 0 Å². The van der Waals surface area contributed by atoms with Crippen LogP contribution >= 0.6 is 0 Å². The van der Waals surface area contributed by atoms with Gasteiger partial charge in [0.05, 0.1) is 18.6 Å². The summed E-state index contributed by atoms with van der Waals surface area (Å²) in [5.74, 6) is -25.2. The minimum Gasteiger partial charge on any atom is -0.460 e. The smallest absolute Gasteiger partial charge is 0.460 e. The molecule has 270 valence electrons. The molecule has 0 aromatic heterocycles. The number of carbonyl (C=O) groups is 3. The fourth-order valence-electron chi connectivity index (χ4n) is 6.49. The van der Waals surface area contributed by atoms with Crippen LogP contribution in [0.15, 0.2) is 0 Å². The second-order valence-corrected chi connectivity index (χ2v) is 13.5. The van der Waals surface area contributed by atoms with Gasteiger partial charge in [-0.25, -0.2) is 14.4 Å². The van der Waals surface area contributed by atoms with Gasteiger partial charge in [-0.2, -0.15) is 61.1 Å². The zero-order chi connectivity index (χ0) is 35.9. The molecule has 0 amide bonds. The summed E-state index contributed by atoms with van der Waals surface area (Å²) in [6, 6.07) is 0. The van der Waals surface area contributed by atoms with E-state index in [0.29, 0.717) is 0 Å². The van der Waals surface area contributed by atoms with Crippen LogP contribution in [0, 0.1) is 23.2 Å². The van der Waals surface area contributed by atoms with Crippen molar-refractivity contribution in [3.8, 4) is 0 Å². The molecule has 0 aromatic rings. The topological polar surface area (TPSA) is 152 Å². The van der Waals surface area contributed by atoms with Crippen molar-refractivity contribution in [1.82, 2.24) is 0 Å². The Labute approximate surface area is 254 Å². The monoisotopic (exact) mass is 734 g/mol. The van der Waals surface area contributed by atoms with E-state index < -0.39 is 113 Å². The number of halogens is 12. The van der Waals surface area contributed by atoms with Gasteiger partial charge in [0.25, 0.3) is 0 Å². The van der Waals surface area contributed by atoms with Gasteiger partial charge in [0.15, 0.2) is 5.79 Å². The molecule has 4 aliphatic carbocycles. The van der Waals surface area contributed by atoms with E-state index in [2.05, 4.69) is 9.47 Å². The highest BCUT2D eigenvalue weighted by Crippen LogP contribution is 2.64. The van der Waals surface area contributed by atoms with Gasteiger partial charge in [0.2, 0.25) is 0 Å². The summed E-state index contributed by atoms with van der Waals surface area (Å²) in [6.45, 7) is -5.40. The van der Waals surface area contributed by atoms with Gasteiger partial charge in [0, 0.05) is 11.8 Å². The second-order valence-electron chi connectivity index (χ2n) is 12.0. The lowest BCUT2D eigenvalue weighted by Gasteiger charge is -2.65. The van der Waals surface area contributed by atoms with Crippen molar-refractivity contribution in [2.75, 3.05) is 26.4 Å². The predicted molar refractivity (Wildman–Crippen MR) is 120 cm³/mol. The van der Waals surface area contributed by atoms with Gasteiger partial charge in [-0.05, 0) is 38.0 Å². The largest absolute Gasteiger partial charge is 0.465 e. The van der Waals surface area contributed by atoms with E-state index in [0.717, 1.165) is 0 Å². The molecule has 1 saturated heterocycles. The Morgan fingerprint density at radius 2 is 1.11 bits per heavy atom. The molecule has 0 radical (unpaired) electrons. The van der Waals surface area contributed by atoms with Crippen LogP contribution in [0.25, 0.3) is 0 Å². The third-order valence-electron chi connectivity index (χ3n) is 8.59. The fraction of sp³-hybridized carbons (Fsp3) is 0.870. The SMILES string of the molecule is O=C(OCC1(COC(=O)C(F)(F)C(F)(F)F)COC2(OC1)C1CC3CC2CC(OC(=O)C(F)(F)S(=O)(=O)O)(C3)C1)C(F)(F)C(F)(F)F. The van der Waals surface area contributed by atoms with Gasteiger partial charge >= 0.3 is 57.5 Å². The van der Waals surface area contributed by atoms with Crippen LogP contribution in [0.4, 0.5) is 52.7 Å². The third-order valence-corrected chi connectivity index (χ3v) is 9.41. The number of alkyl halides is 12. The summed E-state index contributed by atoms with van der Waals surface area (Å²) in [4.78, 5) is 35.2. The molecule has 5 aliphatic rings. The van der Waals surface area contributed by atoms with Crippen molar-refractivity contribution in [3.05, 3.63) is 0 Å². The molecule has 11 nitrogen and oxygen atoms in total. The Morgan fingerprint density at radius 1 is 0.702 bits per heavy atom. The summed E-state index contributed by atoms with van der Waals surface area (Å²) < 4.78 is 212. The van der Waals surface area contributed by atoms with Crippen molar-refractivity contribution in [1.29, 1.82) is 0 Å². The Morgan fingerprint density at radius 3 is 1.47 bits per heavy atom. The predicted octanol–water partition coefficient (Wildman–Crippen LogP) is 3.80. The first kappa shape index (κ1) is 37.2. The first-order valence-electron chi connectivity index (χ1n) is 13.1. The van der Waals surface area contributed by atoms with E-state index in [1.165, 1.54) is 0 Å².